The fourth-order valence-electron chi connectivity index (χ4n) is 1.22. The molecule has 0 saturated heterocycles. The van der Waals surface area contributed by atoms with Crippen LogP contribution in [-0.2, 0) is 14.4 Å². The summed E-state index contributed by atoms with van der Waals surface area (Å²) in [5, 5.41) is 0. The summed E-state index contributed by atoms with van der Waals surface area (Å²) in [4.78, 5) is 32.9. The molecule has 0 fully saturated rings. The van der Waals surface area contributed by atoms with Crippen molar-refractivity contribution < 1.29 is 28.6 Å². The molecule has 0 aromatic heterocycles. The number of halogens is 1. The van der Waals surface area contributed by atoms with Gasteiger partial charge >= 0.3 is 17.9 Å². The Morgan fingerprint density at radius 3 is 1.58 bits per heavy atom. The summed E-state index contributed by atoms with van der Waals surface area (Å²) in [5.74, 6) is -1.51. The second-order valence-corrected chi connectivity index (χ2v) is 4.36. The largest absolute Gasteiger partial charge is 0.425 e. The summed E-state index contributed by atoms with van der Waals surface area (Å²) in [7, 11) is 0. The van der Waals surface area contributed by atoms with Gasteiger partial charge < -0.3 is 14.2 Å². The molecule has 0 saturated carbocycles. The zero-order valence-electron chi connectivity index (χ0n) is 10.5. The van der Waals surface area contributed by atoms with Crippen molar-refractivity contribution in [2.75, 3.05) is 0 Å². The summed E-state index contributed by atoms with van der Waals surface area (Å²) < 4.78 is 15.1. The van der Waals surface area contributed by atoms with Gasteiger partial charge in [-0.15, -0.1) is 0 Å². The maximum atomic E-state index is 11.0. The molecule has 0 N–H and O–H groups in total. The first kappa shape index (κ1) is 15.2. The van der Waals surface area contributed by atoms with Crippen molar-refractivity contribution >= 4 is 33.8 Å². The van der Waals surface area contributed by atoms with Crippen LogP contribution in [0.15, 0.2) is 16.6 Å². The molecule has 0 amide bonds. The highest BCUT2D eigenvalue weighted by Crippen LogP contribution is 2.38. The first-order valence-corrected chi connectivity index (χ1v) is 5.97. The second kappa shape index (κ2) is 6.33. The predicted octanol–water partition coefficient (Wildman–Crippen LogP) is 2.22. The lowest BCUT2D eigenvalue weighted by atomic mass is 10.3. The smallest absolute Gasteiger partial charge is 0.308 e. The fourth-order valence-corrected chi connectivity index (χ4v) is 1.62. The number of benzene rings is 1. The van der Waals surface area contributed by atoms with E-state index in [1.165, 1.54) is 32.9 Å². The van der Waals surface area contributed by atoms with Crippen LogP contribution in [0.2, 0.25) is 0 Å². The van der Waals surface area contributed by atoms with Crippen LogP contribution in [0.1, 0.15) is 20.8 Å². The van der Waals surface area contributed by atoms with Crippen molar-refractivity contribution in [3.63, 3.8) is 0 Å². The van der Waals surface area contributed by atoms with E-state index < -0.39 is 17.9 Å². The molecule has 6 nitrogen and oxygen atoms in total. The Morgan fingerprint density at radius 2 is 1.16 bits per heavy atom. The number of esters is 3. The highest BCUT2D eigenvalue weighted by Gasteiger charge is 2.16. The molecular weight excluding hydrogens is 320 g/mol. The van der Waals surface area contributed by atoms with E-state index >= 15 is 0 Å². The summed E-state index contributed by atoms with van der Waals surface area (Å²) >= 11 is 3.16. The van der Waals surface area contributed by atoms with E-state index in [2.05, 4.69) is 15.9 Å². The van der Waals surface area contributed by atoms with E-state index in [4.69, 9.17) is 14.2 Å². The standard InChI is InChI=1S/C12H11BrO6/c1-6(14)17-10-5-12(19-8(3)16)11(4-9(10)13)18-7(2)15/h4-5H,1-3H3. The van der Waals surface area contributed by atoms with Gasteiger partial charge in [-0.3, -0.25) is 14.4 Å². The molecule has 0 heterocycles. The molecule has 102 valence electrons. The van der Waals surface area contributed by atoms with Gasteiger partial charge in [0.05, 0.1) is 4.47 Å². The molecule has 0 aliphatic carbocycles. The summed E-state index contributed by atoms with van der Waals surface area (Å²) in [6, 6.07) is 2.66. The Bertz CT molecular complexity index is 537. The van der Waals surface area contributed by atoms with Gasteiger partial charge in [-0.25, -0.2) is 0 Å². The number of rotatable bonds is 3. The normalized spacial score (nSPS) is 9.68. The SMILES string of the molecule is CC(=O)Oc1cc(OC(C)=O)c(OC(C)=O)cc1Br. The molecule has 0 spiro atoms. The van der Waals surface area contributed by atoms with Gasteiger partial charge in [0.15, 0.2) is 11.5 Å². The van der Waals surface area contributed by atoms with Gasteiger partial charge in [-0.2, -0.15) is 0 Å². The Hall–Kier alpha value is -1.89. The fraction of sp³-hybridized carbons (Fsp3) is 0.250. The Balaban J connectivity index is 3.23. The number of carbonyl (C=O) groups is 3. The third-order valence-corrected chi connectivity index (χ3v) is 2.38. The van der Waals surface area contributed by atoms with Crippen molar-refractivity contribution in [1.29, 1.82) is 0 Å². The quantitative estimate of drug-likeness (QED) is 0.624. The molecule has 0 unspecified atom stereocenters. The maximum absolute atomic E-state index is 11.0. The minimum atomic E-state index is -0.593. The van der Waals surface area contributed by atoms with E-state index in [0.717, 1.165) is 0 Å². The van der Waals surface area contributed by atoms with Crippen LogP contribution in [-0.4, -0.2) is 17.9 Å². The summed E-state index contributed by atoms with van der Waals surface area (Å²) in [6.45, 7) is 3.65. The van der Waals surface area contributed by atoms with Crippen LogP contribution in [0.25, 0.3) is 0 Å². The average molecular weight is 331 g/mol. The van der Waals surface area contributed by atoms with E-state index in [0.29, 0.717) is 4.47 Å². The van der Waals surface area contributed by atoms with Crippen molar-refractivity contribution in [2.45, 2.75) is 20.8 Å². The van der Waals surface area contributed by atoms with Crippen molar-refractivity contribution in [2.24, 2.45) is 0 Å². The molecular formula is C12H11BrO6. The lowest BCUT2D eigenvalue weighted by Gasteiger charge is -2.11. The van der Waals surface area contributed by atoms with Gasteiger partial charge in [-0.1, -0.05) is 0 Å². The van der Waals surface area contributed by atoms with Crippen LogP contribution in [0.5, 0.6) is 17.2 Å². The molecule has 0 aliphatic rings. The molecule has 7 heteroatoms. The zero-order chi connectivity index (χ0) is 14.6. The topological polar surface area (TPSA) is 78.9 Å². The average Bonchev–Trinajstić information content (AvgIpc) is 2.22. The summed E-state index contributed by atoms with van der Waals surface area (Å²) in [5.41, 5.74) is 0. The van der Waals surface area contributed by atoms with Gasteiger partial charge in [0.1, 0.15) is 5.75 Å². The van der Waals surface area contributed by atoms with Crippen LogP contribution in [0.3, 0.4) is 0 Å². The molecule has 0 atom stereocenters. The van der Waals surface area contributed by atoms with E-state index in [9.17, 15) is 14.4 Å². The molecule has 0 bridgehead atoms. The molecule has 1 aromatic carbocycles. The number of hydrogen-bond acceptors (Lipinski definition) is 6. The number of carbonyl (C=O) groups excluding carboxylic acids is 3. The predicted molar refractivity (Wildman–Crippen MR) is 68.1 cm³/mol. The minimum absolute atomic E-state index is 0.0119. The van der Waals surface area contributed by atoms with Crippen LogP contribution in [0.4, 0.5) is 0 Å². The molecule has 1 rings (SSSR count). The molecule has 19 heavy (non-hydrogen) atoms. The monoisotopic (exact) mass is 330 g/mol. The van der Waals surface area contributed by atoms with Crippen molar-refractivity contribution in [3.8, 4) is 17.2 Å². The van der Waals surface area contributed by atoms with Gasteiger partial charge in [0, 0.05) is 32.9 Å². The molecule has 0 aliphatic heterocycles. The minimum Gasteiger partial charge on any atom is -0.425 e. The second-order valence-electron chi connectivity index (χ2n) is 3.51. The number of ether oxygens (including phenoxy) is 3. The first-order chi connectivity index (χ1) is 8.79. The van der Waals surface area contributed by atoms with Crippen LogP contribution < -0.4 is 14.2 Å². The molecule has 0 radical (unpaired) electrons. The first-order valence-electron chi connectivity index (χ1n) is 5.18. The Labute approximate surface area is 117 Å². The van der Waals surface area contributed by atoms with E-state index in [-0.39, 0.29) is 17.2 Å². The highest BCUT2D eigenvalue weighted by molar-refractivity contribution is 9.10. The van der Waals surface area contributed by atoms with Gasteiger partial charge in [0.2, 0.25) is 0 Å². The Kier molecular flexibility index (Phi) is 5.05. The third-order valence-electron chi connectivity index (χ3n) is 1.76. The Morgan fingerprint density at radius 1 is 0.789 bits per heavy atom. The van der Waals surface area contributed by atoms with E-state index in [1.54, 1.807) is 0 Å². The summed E-state index contributed by atoms with van der Waals surface area (Å²) in [6.07, 6.45) is 0. The van der Waals surface area contributed by atoms with Crippen molar-refractivity contribution in [3.05, 3.63) is 16.6 Å². The van der Waals surface area contributed by atoms with Crippen LogP contribution >= 0.6 is 15.9 Å². The van der Waals surface area contributed by atoms with Crippen molar-refractivity contribution in [1.82, 2.24) is 0 Å². The molecule has 1 aromatic rings. The highest BCUT2D eigenvalue weighted by atomic mass is 79.9. The lowest BCUT2D eigenvalue weighted by molar-refractivity contribution is -0.134. The van der Waals surface area contributed by atoms with Gasteiger partial charge in [0.25, 0.3) is 0 Å². The van der Waals surface area contributed by atoms with Crippen LogP contribution in [0, 0.1) is 0 Å². The zero-order valence-corrected chi connectivity index (χ0v) is 12.1. The third kappa shape index (κ3) is 4.70. The van der Waals surface area contributed by atoms with Gasteiger partial charge in [-0.05, 0) is 15.9 Å². The van der Waals surface area contributed by atoms with E-state index in [1.807, 2.05) is 0 Å². The maximum Gasteiger partial charge on any atom is 0.308 e. The lowest BCUT2D eigenvalue weighted by Crippen LogP contribution is -2.08. The number of hydrogen-bond donors (Lipinski definition) is 0.